The number of hydrogen-bond donors (Lipinski definition) is 1. The van der Waals surface area contributed by atoms with E-state index in [1.165, 1.54) is 12.1 Å². The summed E-state index contributed by atoms with van der Waals surface area (Å²) in [5.41, 5.74) is 0.887. The maximum Gasteiger partial charge on any atom is 0.145 e. The van der Waals surface area contributed by atoms with Gasteiger partial charge in [-0.2, -0.15) is 0 Å². The molecule has 0 spiro atoms. The van der Waals surface area contributed by atoms with Crippen molar-refractivity contribution in [2.45, 2.75) is 6.61 Å². The van der Waals surface area contributed by atoms with Gasteiger partial charge in [-0.3, -0.25) is 0 Å². The van der Waals surface area contributed by atoms with E-state index >= 15 is 0 Å². The standard InChI is InChI=1S/C13H10ClFO2/c14-12-6-5-11(7-13(12)15)17-8-9-1-3-10(16)4-2-9/h1-7,16H,8H2. The Kier molecular flexibility index (Phi) is 3.49. The van der Waals surface area contributed by atoms with Crippen molar-refractivity contribution in [1.29, 1.82) is 0 Å². The predicted octanol–water partition coefficient (Wildman–Crippen LogP) is 3.76. The highest BCUT2D eigenvalue weighted by atomic mass is 35.5. The molecule has 0 heterocycles. The molecule has 0 atom stereocenters. The Morgan fingerprint density at radius 2 is 1.82 bits per heavy atom. The SMILES string of the molecule is Oc1ccc(COc2ccc(Cl)c(F)c2)cc1. The van der Waals surface area contributed by atoms with Crippen molar-refractivity contribution < 1.29 is 14.2 Å². The zero-order chi connectivity index (χ0) is 12.3. The summed E-state index contributed by atoms with van der Waals surface area (Å²) in [4.78, 5) is 0. The molecule has 1 N–H and O–H groups in total. The van der Waals surface area contributed by atoms with E-state index in [0.29, 0.717) is 12.4 Å². The summed E-state index contributed by atoms with van der Waals surface area (Å²) in [6, 6.07) is 10.9. The van der Waals surface area contributed by atoms with Crippen molar-refractivity contribution in [1.82, 2.24) is 0 Å². The molecule has 0 aliphatic rings. The van der Waals surface area contributed by atoms with E-state index in [1.54, 1.807) is 30.3 Å². The van der Waals surface area contributed by atoms with Gasteiger partial charge in [0.25, 0.3) is 0 Å². The summed E-state index contributed by atoms with van der Waals surface area (Å²) in [5, 5.41) is 9.18. The fourth-order valence-corrected chi connectivity index (χ4v) is 1.44. The minimum atomic E-state index is -0.505. The van der Waals surface area contributed by atoms with Crippen LogP contribution >= 0.6 is 11.6 Å². The third kappa shape index (κ3) is 3.11. The number of rotatable bonds is 3. The lowest BCUT2D eigenvalue weighted by molar-refractivity contribution is 0.304. The van der Waals surface area contributed by atoms with E-state index in [9.17, 15) is 4.39 Å². The minimum Gasteiger partial charge on any atom is -0.508 e. The van der Waals surface area contributed by atoms with Crippen LogP contribution in [0.3, 0.4) is 0 Å². The lowest BCUT2D eigenvalue weighted by Crippen LogP contribution is -1.95. The van der Waals surface area contributed by atoms with Gasteiger partial charge >= 0.3 is 0 Å². The number of phenols is 1. The van der Waals surface area contributed by atoms with Gasteiger partial charge in [-0.1, -0.05) is 23.7 Å². The molecule has 0 saturated carbocycles. The van der Waals surface area contributed by atoms with Gasteiger partial charge < -0.3 is 9.84 Å². The smallest absolute Gasteiger partial charge is 0.145 e. The molecule has 0 amide bonds. The summed E-state index contributed by atoms with van der Waals surface area (Å²) in [6.45, 7) is 0.307. The second-order valence-electron chi connectivity index (χ2n) is 3.53. The van der Waals surface area contributed by atoms with Crippen LogP contribution in [0.25, 0.3) is 0 Å². The molecule has 17 heavy (non-hydrogen) atoms. The largest absolute Gasteiger partial charge is 0.508 e. The van der Waals surface area contributed by atoms with Crippen molar-refractivity contribution in [3.8, 4) is 11.5 Å². The molecule has 2 rings (SSSR count). The van der Waals surface area contributed by atoms with Crippen molar-refractivity contribution >= 4 is 11.6 Å². The third-order valence-corrected chi connectivity index (χ3v) is 2.54. The van der Waals surface area contributed by atoms with Crippen molar-refractivity contribution in [3.05, 3.63) is 58.9 Å². The lowest BCUT2D eigenvalue weighted by atomic mass is 10.2. The van der Waals surface area contributed by atoms with Crippen molar-refractivity contribution in [2.24, 2.45) is 0 Å². The normalized spacial score (nSPS) is 10.2. The number of aromatic hydroxyl groups is 1. The van der Waals surface area contributed by atoms with Gasteiger partial charge in [0, 0.05) is 6.07 Å². The first kappa shape index (κ1) is 11.7. The minimum absolute atomic E-state index is 0.0713. The number of hydrogen-bond acceptors (Lipinski definition) is 2. The molecule has 2 nitrogen and oxygen atoms in total. The Morgan fingerprint density at radius 1 is 1.12 bits per heavy atom. The van der Waals surface area contributed by atoms with Crippen LogP contribution in [0.15, 0.2) is 42.5 Å². The fraction of sp³-hybridized carbons (Fsp3) is 0.0769. The van der Waals surface area contributed by atoms with Crippen molar-refractivity contribution in [3.63, 3.8) is 0 Å². The van der Waals surface area contributed by atoms with Gasteiger partial charge in [-0.25, -0.2) is 4.39 Å². The monoisotopic (exact) mass is 252 g/mol. The zero-order valence-corrected chi connectivity index (χ0v) is 9.62. The highest BCUT2D eigenvalue weighted by Gasteiger charge is 2.02. The van der Waals surface area contributed by atoms with Crippen LogP contribution in [0.2, 0.25) is 5.02 Å². The summed E-state index contributed by atoms with van der Waals surface area (Å²) in [5.74, 6) is 0.112. The van der Waals surface area contributed by atoms with Crippen LogP contribution in [0.5, 0.6) is 11.5 Å². The van der Waals surface area contributed by atoms with Gasteiger partial charge in [0.2, 0.25) is 0 Å². The molecule has 0 radical (unpaired) electrons. The Balaban J connectivity index is 2.02. The molecule has 0 aliphatic carbocycles. The Hall–Kier alpha value is -1.74. The Morgan fingerprint density at radius 3 is 2.47 bits per heavy atom. The van der Waals surface area contributed by atoms with E-state index in [-0.39, 0.29) is 10.8 Å². The summed E-state index contributed by atoms with van der Waals surface area (Å²) >= 11 is 5.56. The summed E-state index contributed by atoms with van der Waals surface area (Å²) in [7, 11) is 0. The number of halogens is 2. The van der Waals surface area contributed by atoms with E-state index in [4.69, 9.17) is 21.4 Å². The van der Waals surface area contributed by atoms with E-state index in [2.05, 4.69) is 0 Å². The number of phenolic OH excluding ortho intramolecular Hbond substituents is 1. The van der Waals surface area contributed by atoms with Crippen molar-refractivity contribution in [2.75, 3.05) is 0 Å². The molecule has 0 aliphatic heterocycles. The molecular weight excluding hydrogens is 243 g/mol. The van der Waals surface area contributed by atoms with Gasteiger partial charge in [0.1, 0.15) is 23.9 Å². The highest BCUT2D eigenvalue weighted by molar-refractivity contribution is 6.30. The second kappa shape index (κ2) is 5.06. The molecule has 2 aromatic rings. The highest BCUT2D eigenvalue weighted by Crippen LogP contribution is 2.21. The Labute approximate surface area is 103 Å². The van der Waals surface area contributed by atoms with Crippen LogP contribution < -0.4 is 4.74 Å². The maximum atomic E-state index is 13.1. The van der Waals surface area contributed by atoms with Crippen LogP contribution in [0.4, 0.5) is 4.39 Å². The molecule has 0 fully saturated rings. The Bertz CT molecular complexity index is 511. The maximum absolute atomic E-state index is 13.1. The van der Waals surface area contributed by atoms with E-state index < -0.39 is 5.82 Å². The molecule has 0 aromatic heterocycles. The predicted molar refractivity (Wildman–Crippen MR) is 63.8 cm³/mol. The lowest BCUT2D eigenvalue weighted by Gasteiger charge is -2.06. The first-order chi connectivity index (χ1) is 8.15. The molecular formula is C13H10ClFO2. The fourth-order valence-electron chi connectivity index (χ4n) is 1.33. The average Bonchev–Trinajstić information content (AvgIpc) is 2.33. The van der Waals surface area contributed by atoms with Gasteiger partial charge in [-0.15, -0.1) is 0 Å². The quantitative estimate of drug-likeness (QED) is 0.901. The molecule has 88 valence electrons. The van der Waals surface area contributed by atoms with Gasteiger partial charge in [-0.05, 0) is 29.8 Å². The zero-order valence-electron chi connectivity index (χ0n) is 8.86. The van der Waals surface area contributed by atoms with Crippen LogP contribution in [-0.2, 0) is 6.61 Å². The summed E-state index contributed by atoms with van der Waals surface area (Å²) < 4.78 is 18.5. The molecule has 4 heteroatoms. The first-order valence-electron chi connectivity index (χ1n) is 5.01. The topological polar surface area (TPSA) is 29.5 Å². The molecule has 2 aromatic carbocycles. The number of benzene rings is 2. The van der Waals surface area contributed by atoms with E-state index in [1.807, 2.05) is 0 Å². The van der Waals surface area contributed by atoms with Crippen LogP contribution in [-0.4, -0.2) is 5.11 Å². The van der Waals surface area contributed by atoms with Gasteiger partial charge in [0.15, 0.2) is 0 Å². The summed E-state index contributed by atoms with van der Waals surface area (Å²) in [6.07, 6.45) is 0. The molecule has 0 saturated heterocycles. The van der Waals surface area contributed by atoms with Crippen LogP contribution in [0.1, 0.15) is 5.56 Å². The second-order valence-corrected chi connectivity index (χ2v) is 3.94. The average molecular weight is 253 g/mol. The third-order valence-electron chi connectivity index (χ3n) is 2.23. The molecule has 0 unspecified atom stereocenters. The van der Waals surface area contributed by atoms with Crippen LogP contribution in [0, 0.1) is 5.82 Å². The first-order valence-corrected chi connectivity index (χ1v) is 5.39. The number of ether oxygens (including phenoxy) is 1. The van der Waals surface area contributed by atoms with E-state index in [0.717, 1.165) is 5.56 Å². The van der Waals surface area contributed by atoms with Gasteiger partial charge in [0.05, 0.1) is 5.02 Å². The molecule has 0 bridgehead atoms.